The van der Waals surface area contributed by atoms with Gasteiger partial charge < -0.3 is 20.5 Å². The number of anilines is 1. The maximum Gasteiger partial charge on any atom is 0.407 e. The van der Waals surface area contributed by atoms with Gasteiger partial charge in [-0.25, -0.2) is 19.2 Å². The van der Waals surface area contributed by atoms with Crippen molar-refractivity contribution >= 4 is 11.9 Å². The Kier molecular flexibility index (Phi) is 6.26. The Bertz CT molecular complexity index is 1530. The van der Waals surface area contributed by atoms with Crippen molar-refractivity contribution in [3.63, 3.8) is 0 Å². The van der Waals surface area contributed by atoms with E-state index >= 15 is 0 Å². The summed E-state index contributed by atoms with van der Waals surface area (Å²) in [5, 5.41) is 17.9. The highest BCUT2D eigenvalue weighted by Crippen LogP contribution is 2.27. The average molecular weight is 506 g/mol. The second kappa shape index (κ2) is 9.68. The molecule has 0 spiro atoms. The van der Waals surface area contributed by atoms with Gasteiger partial charge in [0.15, 0.2) is 5.82 Å². The van der Waals surface area contributed by atoms with Crippen molar-refractivity contribution in [1.82, 2.24) is 34.4 Å². The van der Waals surface area contributed by atoms with E-state index in [2.05, 4.69) is 20.2 Å². The second-order valence-electron chi connectivity index (χ2n) is 8.48. The highest BCUT2D eigenvalue weighted by atomic mass is 19.1. The molecule has 12 nitrogen and oxygen atoms in total. The van der Waals surface area contributed by atoms with E-state index in [-0.39, 0.29) is 28.9 Å². The number of nitrogens with zero attached hydrogens (tertiary/aromatic N) is 7. The number of benzene rings is 1. The third-order valence-electron chi connectivity index (χ3n) is 6.23. The number of carbonyl (C=O) groups is 1. The Morgan fingerprint density at radius 3 is 2.68 bits per heavy atom. The van der Waals surface area contributed by atoms with Gasteiger partial charge in [-0.05, 0) is 31.0 Å². The van der Waals surface area contributed by atoms with Gasteiger partial charge in [0.1, 0.15) is 28.6 Å². The van der Waals surface area contributed by atoms with Gasteiger partial charge in [-0.2, -0.15) is 14.9 Å². The van der Waals surface area contributed by atoms with Crippen molar-refractivity contribution < 1.29 is 19.0 Å². The van der Waals surface area contributed by atoms with E-state index in [1.807, 2.05) is 6.20 Å². The van der Waals surface area contributed by atoms with Gasteiger partial charge in [0, 0.05) is 37.0 Å². The molecule has 1 aliphatic heterocycles. The molecule has 1 amide bonds. The van der Waals surface area contributed by atoms with Crippen LogP contribution >= 0.6 is 0 Å². The molecule has 0 radical (unpaired) electrons. The van der Waals surface area contributed by atoms with Crippen LogP contribution in [0.25, 0.3) is 28.3 Å². The Hall–Kier alpha value is -4.81. The van der Waals surface area contributed by atoms with Crippen LogP contribution in [0.5, 0.6) is 5.75 Å². The maximum absolute atomic E-state index is 14.5. The van der Waals surface area contributed by atoms with Gasteiger partial charge in [0.2, 0.25) is 0 Å². The molecule has 190 valence electrons. The number of nitrogens with two attached hydrogens (primary N) is 1. The molecule has 0 unspecified atom stereocenters. The third-order valence-corrected chi connectivity index (χ3v) is 6.23. The number of rotatable bonds is 5. The zero-order valence-corrected chi connectivity index (χ0v) is 19.8. The van der Waals surface area contributed by atoms with Crippen molar-refractivity contribution in [1.29, 1.82) is 0 Å². The number of nitrogen functional groups attached to an aromatic ring is 1. The predicted molar refractivity (Wildman–Crippen MR) is 131 cm³/mol. The number of hydrogen-bond acceptors (Lipinski definition) is 8. The molecule has 13 heteroatoms. The molecule has 37 heavy (non-hydrogen) atoms. The lowest BCUT2D eigenvalue weighted by atomic mass is 10.1. The fourth-order valence-corrected chi connectivity index (χ4v) is 4.21. The van der Waals surface area contributed by atoms with Crippen LogP contribution in [0.4, 0.5) is 15.0 Å². The smallest absolute Gasteiger partial charge is 0.407 e. The van der Waals surface area contributed by atoms with E-state index in [1.54, 1.807) is 10.9 Å². The highest BCUT2D eigenvalue weighted by molar-refractivity contribution is 5.70. The molecule has 3 aromatic heterocycles. The molecule has 1 aromatic carbocycles. The Morgan fingerprint density at radius 2 is 1.95 bits per heavy atom. The first-order valence-electron chi connectivity index (χ1n) is 11.4. The maximum atomic E-state index is 14.5. The number of ether oxygens (including phenoxy) is 1. The number of likely N-dealkylation sites (tertiary alicyclic amines) is 1. The zero-order chi connectivity index (χ0) is 26.1. The predicted octanol–water partition coefficient (Wildman–Crippen LogP) is 2.60. The number of hydrogen-bond donors (Lipinski definition) is 2. The molecule has 0 bridgehead atoms. The summed E-state index contributed by atoms with van der Waals surface area (Å²) in [5.41, 5.74) is 7.07. The van der Waals surface area contributed by atoms with Gasteiger partial charge in [-0.3, -0.25) is 9.48 Å². The SMILES string of the molecule is COc1ccc(F)c(-n2nc(-c3nc(-c4cnn(C5CCN(C(=O)O)CC5)c4)cnc3N)ccc2=O)c1. The second-order valence-corrected chi connectivity index (χ2v) is 8.48. The van der Waals surface area contributed by atoms with Crippen LogP contribution in [-0.2, 0) is 0 Å². The lowest BCUT2D eigenvalue weighted by Gasteiger charge is -2.29. The van der Waals surface area contributed by atoms with Crippen molar-refractivity contribution in [3.05, 3.63) is 65.1 Å². The Balaban J connectivity index is 1.46. The molecule has 0 atom stereocenters. The molecule has 0 saturated carbocycles. The monoisotopic (exact) mass is 506 g/mol. The van der Waals surface area contributed by atoms with Gasteiger partial charge in [-0.1, -0.05) is 0 Å². The summed E-state index contributed by atoms with van der Waals surface area (Å²) in [6.45, 7) is 0.882. The van der Waals surface area contributed by atoms with Gasteiger partial charge in [0.25, 0.3) is 5.56 Å². The van der Waals surface area contributed by atoms with E-state index in [1.165, 1.54) is 48.5 Å². The average Bonchev–Trinajstić information content (AvgIpc) is 3.40. The van der Waals surface area contributed by atoms with E-state index in [0.29, 0.717) is 42.9 Å². The molecule has 1 saturated heterocycles. The first kappa shape index (κ1) is 23.9. The van der Waals surface area contributed by atoms with Gasteiger partial charge in [0.05, 0.1) is 31.2 Å². The summed E-state index contributed by atoms with van der Waals surface area (Å²) in [4.78, 5) is 33.9. The summed E-state index contributed by atoms with van der Waals surface area (Å²) in [5.74, 6) is -0.203. The highest BCUT2D eigenvalue weighted by Gasteiger charge is 2.24. The third kappa shape index (κ3) is 4.70. The minimum absolute atomic E-state index is 0.0635. The number of carboxylic acid groups (broad SMARTS) is 1. The first-order chi connectivity index (χ1) is 17.8. The molecular formula is C24H23FN8O4. The molecule has 3 N–H and O–H groups in total. The largest absolute Gasteiger partial charge is 0.497 e. The minimum atomic E-state index is -0.918. The fourth-order valence-electron chi connectivity index (χ4n) is 4.21. The molecule has 1 fully saturated rings. The van der Waals surface area contributed by atoms with E-state index in [9.17, 15) is 14.0 Å². The van der Waals surface area contributed by atoms with Crippen LogP contribution in [0.1, 0.15) is 18.9 Å². The Morgan fingerprint density at radius 1 is 1.16 bits per heavy atom. The summed E-state index contributed by atoms with van der Waals surface area (Å²) in [6.07, 6.45) is 5.36. The Labute approximate surface area is 209 Å². The zero-order valence-electron chi connectivity index (χ0n) is 19.8. The van der Waals surface area contributed by atoms with E-state index in [4.69, 9.17) is 15.6 Å². The fraction of sp³-hybridized carbons (Fsp3) is 0.250. The lowest BCUT2D eigenvalue weighted by Crippen LogP contribution is -2.38. The molecular weight excluding hydrogens is 483 g/mol. The van der Waals surface area contributed by atoms with Gasteiger partial charge in [-0.15, -0.1) is 0 Å². The quantitative estimate of drug-likeness (QED) is 0.416. The minimum Gasteiger partial charge on any atom is -0.497 e. The van der Waals surface area contributed by atoms with E-state index in [0.717, 1.165) is 4.68 Å². The van der Waals surface area contributed by atoms with Crippen LogP contribution in [0.15, 0.2) is 53.7 Å². The topological polar surface area (TPSA) is 154 Å². The van der Waals surface area contributed by atoms with Crippen LogP contribution in [0.2, 0.25) is 0 Å². The summed E-state index contributed by atoms with van der Waals surface area (Å²) >= 11 is 0. The molecule has 1 aliphatic rings. The number of aromatic nitrogens is 6. The molecule has 5 rings (SSSR count). The summed E-state index contributed by atoms with van der Waals surface area (Å²) < 4.78 is 22.4. The molecule has 4 aromatic rings. The standard InChI is InChI=1S/C24H23FN8O4/c1-37-16-2-3-17(25)20(10-16)33-21(34)5-4-18(30-33)22-23(26)27-12-19(29-22)14-11-28-32(13-14)15-6-8-31(9-7-15)24(35)36/h2-5,10-13,15H,6-9H2,1H3,(H2,26,27)(H,35,36). The van der Waals surface area contributed by atoms with Crippen molar-refractivity contribution in [2.45, 2.75) is 18.9 Å². The number of piperidine rings is 1. The van der Waals surface area contributed by atoms with Crippen LogP contribution in [0, 0.1) is 5.82 Å². The number of methoxy groups -OCH3 is 1. The summed E-state index contributed by atoms with van der Waals surface area (Å²) in [6, 6.07) is 6.75. The first-order valence-corrected chi connectivity index (χ1v) is 11.4. The van der Waals surface area contributed by atoms with Crippen molar-refractivity contribution in [2.75, 3.05) is 25.9 Å². The number of amides is 1. The van der Waals surface area contributed by atoms with Crippen LogP contribution in [-0.4, -0.2) is 65.8 Å². The molecule has 0 aliphatic carbocycles. The normalized spacial score (nSPS) is 14.1. The lowest BCUT2D eigenvalue weighted by molar-refractivity contribution is 0.124. The van der Waals surface area contributed by atoms with Crippen molar-refractivity contribution in [3.8, 4) is 34.1 Å². The summed E-state index contributed by atoms with van der Waals surface area (Å²) in [7, 11) is 1.44. The number of halogens is 1. The van der Waals surface area contributed by atoms with Crippen molar-refractivity contribution in [2.24, 2.45) is 0 Å². The van der Waals surface area contributed by atoms with Crippen LogP contribution in [0.3, 0.4) is 0 Å². The van der Waals surface area contributed by atoms with Gasteiger partial charge >= 0.3 is 6.09 Å². The molecule has 4 heterocycles. The van der Waals surface area contributed by atoms with E-state index < -0.39 is 17.5 Å². The van der Waals surface area contributed by atoms with Crippen LogP contribution < -0.4 is 16.0 Å².